The number of hydrogen-bond acceptors (Lipinski definition) is 3. The molecule has 1 unspecified atom stereocenters. The Bertz CT molecular complexity index is 507. The minimum Gasteiger partial charge on any atom is -0.388 e. The summed E-state index contributed by atoms with van der Waals surface area (Å²) in [6, 6.07) is 3.04. The van der Waals surface area contributed by atoms with Crippen LogP contribution in [0.5, 0.6) is 0 Å². The van der Waals surface area contributed by atoms with E-state index in [0.29, 0.717) is 0 Å². The molecule has 1 N–H and O–H groups in total. The number of aromatic nitrogens is 1. The number of hydrogen-bond donors (Lipinski definition) is 1. The molecule has 0 aliphatic heterocycles. The van der Waals surface area contributed by atoms with E-state index in [0.717, 1.165) is 28.9 Å². The lowest BCUT2D eigenvalue weighted by Crippen LogP contribution is -2.03. The molecule has 0 saturated heterocycles. The molecule has 2 nitrogen and oxygen atoms in total. The number of aryl methyl sites for hydroxylation is 1. The highest BCUT2D eigenvalue weighted by Gasteiger charge is 2.12. The maximum Gasteiger partial charge on any atom is 0.126 e. The Morgan fingerprint density at radius 2 is 1.94 bits per heavy atom. The van der Waals surface area contributed by atoms with Crippen LogP contribution < -0.4 is 0 Å². The Hall–Kier alpha value is -1.33. The molecule has 2 rings (SSSR count). The summed E-state index contributed by atoms with van der Waals surface area (Å²) in [5, 5.41) is 12.6. The van der Waals surface area contributed by atoms with Gasteiger partial charge in [-0.15, -0.1) is 11.3 Å². The Labute approximate surface area is 102 Å². The second-order valence-electron chi connectivity index (χ2n) is 3.78. The predicted molar refractivity (Wildman–Crippen MR) is 61.9 cm³/mol. The SMILES string of the molecule is Cc1nc(CC(O)c2cc(F)cc(F)c2)cs1. The maximum atomic E-state index is 13.0. The number of thiazole rings is 1. The lowest BCUT2D eigenvalue weighted by Gasteiger charge is -2.09. The van der Waals surface area contributed by atoms with Crippen molar-refractivity contribution in [2.24, 2.45) is 0 Å². The van der Waals surface area contributed by atoms with Gasteiger partial charge in [0.1, 0.15) is 11.6 Å². The normalized spacial score (nSPS) is 12.7. The highest BCUT2D eigenvalue weighted by Crippen LogP contribution is 2.21. The van der Waals surface area contributed by atoms with Gasteiger partial charge in [0, 0.05) is 17.9 Å². The number of rotatable bonds is 3. The zero-order valence-corrected chi connectivity index (χ0v) is 9.97. The summed E-state index contributed by atoms with van der Waals surface area (Å²) in [5.74, 6) is -1.37. The highest BCUT2D eigenvalue weighted by molar-refractivity contribution is 7.09. The van der Waals surface area contributed by atoms with Crippen molar-refractivity contribution < 1.29 is 13.9 Å². The molecule has 5 heteroatoms. The number of aliphatic hydroxyl groups is 1. The first-order valence-electron chi connectivity index (χ1n) is 5.09. The lowest BCUT2D eigenvalue weighted by molar-refractivity contribution is 0.176. The van der Waals surface area contributed by atoms with Crippen LogP contribution in [0.15, 0.2) is 23.6 Å². The van der Waals surface area contributed by atoms with Crippen molar-refractivity contribution in [3.63, 3.8) is 0 Å². The van der Waals surface area contributed by atoms with E-state index in [-0.39, 0.29) is 12.0 Å². The van der Waals surface area contributed by atoms with Crippen LogP contribution >= 0.6 is 11.3 Å². The van der Waals surface area contributed by atoms with Crippen LogP contribution in [0, 0.1) is 18.6 Å². The van der Waals surface area contributed by atoms with Gasteiger partial charge < -0.3 is 5.11 Å². The lowest BCUT2D eigenvalue weighted by atomic mass is 10.1. The second kappa shape index (κ2) is 4.89. The summed E-state index contributed by atoms with van der Waals surface area (Å²) in [7, 11) is 0. The monoisotopic (exact) mass is 255 g/mol. The molecule has 1 aromatic carbocycles. The number of benzene rings is 1. The van der Waals surface area contributed by atoms with Crippen LogP contribution in [0.2, 0.25) is 0 Å². The van der Waals surface area contributed by atoms with Crippen LogP contribution in [0.3, 0.4) is 0 Å². The van der Waals surface area contributed by atoms with Gasteiger partial charge in [0.05, 0.1) is 16.8 Å². The largest absolute Gasteiger partial charge is 0.388 e. The molecule has 0 spiro atoms. The maximum absolute atomic E-state index is 13.0. The van der Waals surface area contributed by atoms with E-state index in [1.54, 1.807) is 0 Å². The molecule has 1 heterocycles. The van der Waals surface area contributed by atoms with Gasteiger partial charge in [0.25, 0.3) is 0 Å². The van der Waals surface area contributed by atoms with E-state index in [1.165, 1.54) is 11.3 Å². The third-order valence-electron chi connectivity index (χ3n) is 2.34. The smallest absolute Gasteiger partial charge is 0.126 e. The Morgan fingerprint density at radius 3 is 2.47 bits per heavy atom. The fourth-order valence-electron chi connectivity index (χ4n) is 1.59. The number of aliphatic hydroxyl groups excluding tert-OH is 1. The van der Waals surface area contributed by atoms with Gasteiger partial charge in [-0.25, -0.2) is 13.8 Å². The zero-order chi connectivity index (χ0) is 12.4. The van der Waals surface area contributed by atoms with Crippen LogP contribution in [0.25, 0.3) is 0 Å². The Morgan fingerprint density at radius 1 is 1.29 bits per heavy atom. The molecule has 17 heavy (non-hydrogen) atoms. The van der Waals surface area contributed by atoms with Gasteiger partial charge in [-0.3, -0.25) is 0 Å². The van der Waals surface area contributed by atoms with Crippen LogP contribution in [-0.4, -0.2) is 10.1 Å². The molecule has 90 valence electrons. The van der Waals surface area contributed by atoms with E-state index in [9.17, 15) is 13.9 Å². The molecule has 0 aliphatic carbocycles. The average Bonchev–Trinajstić information content (AvgIpc) is 2.62. The van der Waals surface area contributed by atoms with Gasteiger partial charge >= 0.3 is 0 Å². The molecular formula is C12H11F2NOS. The fourth-order valence-corrected chi connectivity index (χ4v) is 2.21. The molecule has 0 fully saturated rings. The standard InChI is InChI=1S/C12H11F2NOS/c1-7-15-11(6-17-7)5-12(16)8-2-9(13)4-10(14)3-8/h2-4,6,12,16H,5H2,1H3. The van der Waals surface area contributed by atoms with Gasteiger partial charge in [0.15, 0.2) is 0 Å². The van der Waals surface area contributed by atoms with E-state index >= 15 is 0 Å². The van der Waals surface area contributed by atoms with E-state index in [2.05, 4.69) is 4.98 Å². The molecular weight excluding hydrogens is 244 g/mol. The second-order valence-corrected chi connectivity index (χ2v) is 4.84. The van der Waals surface area contributed by atoms with Crippen molar-refractivity contribution >= 4 is 11.3 Å². The molecule has 2 aromatic rings. The van der Waals surface area contributed by atoms with Gasteiger partial charge in [-0.1, -0.05) is 0 Å². The zero-order valence-electron chi connectivity index (χ0n) is 9.15. The van der Waals surface area contributed by atoms with Crippen molar-refractivity contribution in [1.82, 2.24) is 4.98 Å². The van der Waals surface area contributed by atoms with Gasteiger partial charge in [-0.05, 0) is 24.6 Å². The first-order valence-corrected chi connectivity index (χ1v) is 5.97. The summed E-state index contributed by atoms with van der Waals surface area (Å²) in [5.41, 5.74) is 0.956. The summed E-state index contributed by atoms with van der Waals surface area (Å²) >= 11 is 1.48. The van der Waals surface area contributed by atoms with Crippen LogP contribution in [0.1, 0.15) is 22.4 Å². The first-order chi connectivity index (χ1) is 8.04. The van der Waals surface area contributed by atoms with Gasteiger partial charge in [0.2, 0.25) is 0 Å². The average molecular weight is 255 g/mol. The molecule has 1 aromatic heterocycles. The van der Waals surface area contributed by atoms with Crippen molar-refractivity contribution in [3.8, 4) is 0 Å². The van der Waals surface area contributed by atoms with Crippen molar-refractivity contribution in [2.45, 2.75) is 19.4 Å². The Balaban J connectivity index is 2.16. The molecule has 0 aliphatic rings. The van der Waals surface area contributed by atoms with E-state index in [1.807, 2.05) is 12.3 Å². The van der Waals surface area contributed by atoms with Gasteiger partial charge in [-0.2, -0.15) is 0 Å². The van der Waals surface area contributed by atoms with Crippen LogP contribution in [0.4, 0.5) is 8.78 Å². The summed E-state index contributed by atoms with van der Waals surface area (Å²) < 4.78 is 25.9. The topological polar surface area (TPSA) is 33.1 Å². The summed E-state index contributed by atoms with van der Waals surface area (Å²) in [6.07, 6.45) is -0.686. The first kappa shape index (κ1) is 12.1. The summed E-state index contributed by atoms with van der Waals surface area (Å²) in [4.78, 5) is 4.19. The third kappa shape index (κ3) is 3.08. The van der Waals surface area contributed by atoms with Crippen molar-refractivity contribution in [3.05, 3.63) is 51.5 Å². The molecule has 0 saturated carbocycles. The minimum atomic E-state index is -0.943. The van der Waals surface area contributed by atoms with Crippen LogP contribution in [-0.2, 0) is 6.42 Å². The number of halogens is 2. The summed E-state index contributed by atoms with van der Waals surface area (Å²) in [6.45, 7) is 1.86. The third-order valence-corrected chi connectivity index (χ3v) is 3.16. The Kier molecular flexibility index (Phi) is 3.49. The minimum absolute atomic E-state index is 0.230. The quantitative estimate of drug-likeness (QED) is 0.914. The fraction of sp³-hybridized carbons (Fsp3) is 0.250. The van der Waals surface area contributed by atoms with E-state index in [4.69, 9.17) is 0 Å². The number of nitrogens with zero attached hydrogens (tertiary/aromatic N) is 1. The molecule has 0 bridgehead atoms. The molecule has 1 atom stereocenters. The molecule has 0 amide bonds. The highest BCUT2D eigenvalue weighted by atomic mass is 32.1. The van der Waals surface area contributed by atoms with Crippen molar-refractivity contribution in [1.29, 1.82) is 0 Å². The molecule has 0 radical (unpaired) electrons. The van der Waals surface area contributed by atoms with E-state index < -0.39 is 17.7 Å². The van der Waals surface area contributed by atoms with Crippen molar-refractivity contribution in [2.75, 3.05) is 0 Å². The predicted octanol–water partition coefficient (Wildman–Crippen LogP) is 3.01.